The normalized spacial score (nSPS) is 17.9. The molecule has 0 aromatic heterocycles. The number of carbonyl (C=O) groups excluding carboxylic acids is 2. The number of hydrogen-bond donors (Lipinski definition) is 3. The Labute approximate surface area is 135 Å². The minimum atomic E-state index is -0.543. The topological polar surface area (TPSA) is 89.9 Å². The number of aliphatic hydroxyl groups excluding tert-OH is 2. The van der Waals surface area contributed by atoms with Gasteiger partial charge in [0, 0.05) is 13.1 Å². The van der Waals surface area contributed by atoms with Crippen molar-refractivity contribution in [3.05, 3.63) is 47.2 Å². The first-order valence-electron chi connectivity index (χ1n) is 7.69. The van der Waals surface area contributed by atoms with Gasteiger partial charge in [-0.15, -0.1) is 0 Å². The zero-order valence-corrected chi connectivity index (χ0v) is 13.2. The van der Waals surface area contributed by atoms with Gasteiger partial charge in [-0.1, -0.05) is 30.3 Å². The first-order chi connectivity index (χ1) is 11.1. The number of ketones is 1. The lowest BCUT2D eigenvalue weighted by Gasteiger charge is -2.26. The molecule has 0 radical (unpaired) electrons. The second-order valence-electron chi connectivity index (χ2n) is 5.46. The predicted octanol–water partition coefficient (Wildman–Crippen LogP) is 0.943. The Morgan fingerprint density at radius 1 is 1.26 bits per heavy atom. The maximum Gasteiger partial charge on any atom is 0.290 e. The third-order valence-electron chi connectivity index (χ3n) is 3.84. The molecular formula is C17H22N2O4. The number of benzene rings is 1. The minimum absolute atomic E-state index is 0.0616. The van der Waals surface area contributed by atoms with Gasteiger partial charge >= 0.3 is 0 Å². The Morgan fingerprint density at radius 3 is 2.57 bits per heavy atom. The molecule has 0 saturated carbocycles. The third-order valence-corrected chi connectivity index (χ3v) is 3.84. The molecular weight excluding hydrogens is 296 g/mol. The van der Waals surface area contributed by atoms with Crippen LogP contribution in [0.2, 0.25) is 0 Å². The summed E-state index contributed by atoms with van der Waals surface area (Å²) in [6.45, 7) is 2.98. The average molecular weight is 318 g/mol. The highest BCUT2D eigenvalue weighted by Crippen LogP contribution is 2.37. The van der Waals surface area contributed by atoms with Crippen LogP contribution in [-0.2, 0) is 9.59 Å². The summed E-state index contributed by atoms with van der Waals surface area (Å²) in [4.78, 5) is 25.8. The lowest BCUT2D eigenvalue weighted by molar-refractivity contribution is -0.129. The van der Waals surface area contributed by atoms with Crippen LogP contribution in [0.1, 0.15) is 24.9 Å². The van der Waals surface area contributed by atoms with Crippen LogP contribution in [0.15, 0.2) is 41.7 Å². The number of carbonyl (C=O) groups is 2. The van der Waals surface area contributed by atoms with Crippen LogP contribution < -0.4 is 5.32 Å². The number of rotatable bonds is 8. The van der Waals surface area contributed by atoms with E-state index in [1.807, 2.05) is 30.3 Å². The monoisotopic (exact) mass is 318 g/mol. The fraction of sp³-hybridized carbons (Fsp3) is 0.412. The fourth-order valence-corrected chi connectivity index (χ4v) is 2.80. The molecule has 1 aliphatic rings. The summed E-state index contributed by atoms with van der Waals surface area (Å²) < 4.78 is 0. The average Bonchev–Trinajstić information content (AvgIpc) is 2.80. The molecule has 1 heterocycles. The molecule has 124 valence electrons. The number of Topliss-reactive ketones (excluding diaryl/α,β-unsaturated/α-hetero) is 1. The van der Waals surface area contributed by atoms with Crippen LogP contribution in [-0.4, -0.2) is 53.0 Å². The van der Waals surface area contributed by atoms with Crippen molar-refractivity contribution in [1.82, 2.24) is 10.2 Å². The van der Waals surface area contributed by atoms with Gasteiger partial charge in [0.25, 0.3) is 5.91 Å². The van der Waals surface area contributed by atoms with E-state index in [4.69, 9.17) is 5.11 Å². The molecule has 0 unspecified atom stereocenters. The Morgan fingerprint density at radius 2 is 1.96 bits per heavy atom. The van der Waals surface area contributed by atoms with Crippen molar-refractivity contribution in [3.63, 3.8) is 0 Å². The van der Waals surface area contributed by atoms with Gasteiger partial charge in [-0.3, -0.25) is 9.59 Å². The van der Waals surface area contributed by atoms with Gasteiger partial charge in [0.05, 0.1) is 18.2 Å². The molecule has 0 fully saturated rings. The summed E-state index contributed by atoms with van der Waals surface area (Å²) in [5, 5.41) is 21.9. The number of aliphatic hydroxyl groups is 2. The largest absolute Gasteiger partial charge is 0.503 e. The molecule has 1 atom stereocenters. The summed E-state index contributed by atoms with van der Waals surface area (Å²) in [6.07, 6.45) is 0.660. The number of hydrogen-bond acceptors (Lipinski definition) is 5. The van der Waals surface area contributed by atoms with Crippen LogP contribution >= 0.6 is 0 Å². The van der Waals surface area contributed by atoms with E-state index in [0.717, 1.165) is 5.56 Å². The van der Waals surface area contributed by atoms with Gasteiger partial charge < -0.3 is 20.4 Å². The molecule has 23 heavy (non-hydrogen) atoms. The first kappa shape index (κ1) is 17.2. The van der Waals surface area contributed by atoms with Crippen molar-refractivity contribution in [2.75, 3.05) is 26.2 Å². The zero-order chi connectivity index (χ0) is 16.8. The van der Waals surface area contributed by atoms with E-state index < -0.39 is 17.7 Å². The van der Waals surface area contributed by atoms with Gasteiger partial charge in [0.15, 0.2) is 11.5 Å². The van der Waals surface area contributed by atoms with Crippen molar-refractivity contribution >= 4 is 11.7 Å². The summed E-state index contributed by atoms with van der Waals surface area (Å²) >= 11 is 0. The van der Waals surface area contributed by atoms with Crippen molar-refractivity contribution < 1.29 is 19.8 Å². The van der Waals surface area contributed by atoms with Gasteiger partial charge in [-0.2, -0.15) is 0 Å². The summed E-state index contributed by atoms with van der Waals surface area (Å²) in [5.41, 5.74) is 0.961. The molecule has 6 nitrogen and oxygen atoms in total. The summed E-state index contributed by atoms with van der Waals surface area (Å²) in [5.74, 6) is -1.26. The van der Waals surface area contributed by atoms with Gasteiger partial charge in [-0.05, 0) is 25.5 Å². The summed E-state index contributed by atoms with van der Waals surface area (Å²) in [6, 6.07) is 8.69. The van der Waals surface area contributed by atoms with Gasteiger partial charge in [0.2, 0.25) is 0 Å². The van der Waals surface area contributed by atoms with E-state index in [0.29, 0.717) is 26.1 Å². The molecule has 0 bridgehead atoms. The molecule has 0 saturated heterocycles. The molecule has 0 spiro atoms. The van der Waals surface area contributed by atoms with E-state index in [2.05, 4.69) is 5.32 Å². The van der Waals surface area contributed by atoms with Crippen molar-refractivity contribution in [2.45, 2.75) is 19.4 Å². The van der Waals surface area contributed by atoms with E-state index in [1.54, 1.807) is 0 Å². The Bertz CT molecular complexity index is 598. The molecule has 3 N–H and O–H groups in total. The lowest BCUT2D eigenvalue weighted by Crippen LogP contribution is -2.33. The van der Waals surface area contributed by atoms with Gasteiger partial charge in [-0.25, -0.2) is 0 Å². The lowest BCUT2D eigenvalue weighted by atomic mass is 9.97. The third kappa shape index (κ3) is 3.78. The predicted molar refractivity (Wildman–Crippen MR) is 85.8 cm³/mol. The molecule has 1 amide bonds. The Hall–Kier alpha value is -2.18. The second-order valence-corrected chi connectivity index (χ2v) is 5.46. The molecule has 0 aliphatic carbocycles. The SMILES string of the molecule is CC(=O)C1=C(O)C(=O)N(CCCNCCO)[C@H]1c1ccccc1. The highest BCUT2D eigenvalue weighted by Gasteiger charge is 2.41. The highest BCUT2D eigenvalue weighted by atomic mass is 16.3. The minimum Gasteiger partial charge on any atom is -0.503 e. The molecule has 2 rings (SSSR count). The molecule has 1 aromatic carbocycles. The van der Waals surface area contributed by atoms with Crippen LogP contribution in [0.25, 0.3) is 0 Å². The van der Waals surface area contributed by atoms with Crippen LogP contribution in [0.4, 0.5) is 0 Å². The highest BCUT2D eigenvalue weighted by molar-refractivity contribution is 6.08. The first-order valence-corrected chi connectivity index (χ1v) is 7.69. The van der Waals surface area contributed by atoms with Crippen LogP contribution in [0.5, 0.6) is 0 Å². The maximum atomic E-state index is 12.3. The van der Waals surface area contributed by atoms with E-state index in [1.165, 1.54) is 11.8 Å². The Balaban J connectivity index is 2.19. The molecule has 1 aromatic rings. The van der Waals surface area contributed by atoms with Crippen molar-refractivity contribution in [3.8, 4) is 0 Å². The number of nitrogens with zero attached hydrogens (tertiary/aromatic N) is 1. The summed E-state index contributed by atoms with van der Waals surface area (Å²) in [7, 11) is 0. The van der Waals surface area contributed by atoms with Crippen LogP contribution in [0, 0.1) is 0 Å². The van der Waals surface area contributed by atoms with Crippen LogP contribution in [0.3, 0.4) is 0 Å². The van der Waals surface area contributed by atoms with E-state index >= 15 is 0 Å². The standard InChI is InChI=1S/C17H22N2O4/c1-12(21)14-15(13-6-3-2-4-7-13)19(17(23)16(14)22)10-5-8-18-9-11-20/h2-4,6-7,15,18,20,22H,5,8-11H2,1H3/t15-/m0/s1. The fourth-order valence-electron chi connectivity index (χ4n) is 2.80. The maximum absolute atomic E-state index is 12.3. The van der Waals surface area contributed by atoms with E-state index in [9.17, 15) is 14.7 Å². The zero-order valence-electron chi connectivity index (χ0n) is 13.2. The molecule has 1 aliphatic heterocycles. The van der Waals surface area contributed by atoms with Gasteiger partial charge in [0.1, 0.15) is 0 Å². The molecule has 6 heteroatoms. The smallest absolute Gasteiger partial charge is 0.290 e. The second kappa shape index (κ2) is 7.89. The number of amides is 1. The number of nitrogens with one attached hydrogen (secondary N) is 1. The van der Waals surface area contributed by atoms with Crippen molar-refractivity contribution in [1.29, 1.82) is 0 Å². The Kier molecular flexibility index (Phi) is 5.90. The van der Waals surface area contributed by atoms with E-state index in [-0.39, 0.29) is 18.0 Å². The quantitative estimate of drug-likeness (QED) is 0.621. The van der Waals surface area contributed by atoms with Crippen molar-refractivity contribution in [2.24, 2.45) is 0 Å².